The SMILES string of the molecule is CNC(=O)/C(OC)=C(/C)C(F)(F)F. The minimum atomic E-state index is -4.54. The van der Waals surface area contributed by atoms with E-state index in [1.807, 2.05) is 5.32 Å². The number of nitrogens with one attached hydrogen (secondary N) is 1. The fourth-order valence-electron chi connectivity index (χ4n) is 0.658. The van der Waals surface area contributed by atoms with E-state index in [1.54, 1.807) is 0 Å². The van der Waals surface area contributed by atoms with Crippen LogP contribution in [-0.4, -0.2) is 26.2 Å². The number of methoxy groups -OCH3 is 1. The summed E-state index contributed by atoms with van der Waals surface area (Å²) in [6.45, 7) is 0.786. The van der Waals surface area contributed by atoms with Crippen LogP contribution in [0.15, 0.2) is 11.3 Å². The van der Waals surface area contributed by atoms with Crippen molar-refractivity contribution in [2.24, 2.45) is 0 Å². The number of ether oxygens (including phenoxy) is 1. The minimum Gasteiger partial charge on any atom is -0.491 e. The molecule has 0 spiro atoms. The van der Waals surface area contributed by atoms with Crippen LogP contribution in [0.3, 0.4) is 0 Å². The van der Waals surface area contributed by atoms with E-state index in [-0.39, 0.29) is 0 Å². The molecule has 0 aromatic rings. The zero-order valence-corrected chi connectivity index (χ0v) is 7.45. The molecule has 3 nitrogen and oxygen atoms in total. The fourth-order valence-corrected chi connectivity index (χ4v) is 0.658. The number of amides is 1. The molecule has 0 rings (SSSR count). The van der Waals surface area contributed by atoms with Gasteiger partial charge in [-0.15, -0.1) is 0 Å². The molecule has 0 fully saturated rings. The van der Waals surface area contributed by atoms with Crippen LogP contribution in [0, 0.1) is 0 Å². The Kier molecular flexibility index (Phi) is 3.77. The Morgan fingerprint density at radius 2 is 1.85 bits per heavy atom. The average molecular weight is 197 g/mol. The van der Waals surface area contributed by atoms with Gasteiger partial charge in [-0.1, -0.05) is 0 Å². The lowest BCUT2D eigenvalue weighted by molar-refractivity contribution is -0.123. The Bertz CT molecular complexity index is 232. The highest BCUT2D eigenvalue weighted by Crippen LogP contribution is 2.27. The van der Waals surface area contributed by atoms with E-state index >= 15 is 0 Å². The van der Waals surface area contributed by atoms with Gasteiger partial charge >= 0.3 is 6.18 Å². The lowest BCUT2D eigenvalue weighted by atomic mass is 10.2. The lowest BCUT2D eigenvalue weighted by Crippen LogP contribution is -2.25. The lowest BCUT2D eigenvalue weighted by Gasteiger charge is -2.11. The highest BCUT2D eigenvalue weighted by Gasteiger charge is 2.35. The zero-order chi connectivity index (χ0) is 10.6. The summed E-state index contributed by atoms with van der Waals surface area (Å²) >= 11 is 0. The van der Waals surface area contributed by atoms with Crippen LogP contribution in [0.4, 0.5) is 13.2 Å². The number of carbonyl (C=O) groups is 1. The summed E-state index contributed by atoms with van der Waals surface area (Å²) in [6.07, 6.45) is -4.54. The molecule has 0 aliphatic heterocycles. The van der Waals surface area contributed by atoms with Gasteiger partial charge in [-0.05, 0) is 6.92 Å². The summed E-state index contributed by atoms with van der Waals surface area (Å²) in [5, 5.41) is 2.05. The monoisotopic (exact) mass is 197 g/mol. The predicted octanol–water partition coefficient (Wildman–Crippen LogP) is 1.22. The molecule has 0 aliphatic rings. The molecule has 0 radical (unpaired) electrons. The van der Waals surface area contributed by atoms with Gasteiger partial charge in [0.2, 0.25) is 0 Å². The third-order valence-corrected chi connectivity index (χ3v) is 1.40. The first-order valence-corrected chi connectivity index (χ1v) is 3.38. The number of halogens is 3. The third kappa shape index (κ3) is 2.96. The van der Waals surface area contributed by atoms with Crippen molar-refractivity contribution >= 4 is 5.91 Å². The van der Waals surface area contributed by atoms with Crippen molar-refractivity contribution in [2.75, 3.05) is 14.2 Å². The standard InChI is InChI=1S/C7H10F3NO2/c1-4(7(8,9)10)5(13-3)6(12)11-2/h1-3H3,(H,11,12)/b5-4+. The summed E-state index contributed by atoms with van der Waals surface area (Å²) in [5.41, 5.74) is -1.05. The second-order valence-corrected chi connectivity index (χ2v) is 2.24. The quantitative estimate of drug-likeness (QED) is 0.533. The molecule has 0 unspecified atom stereocenters. The van der Waals surface area contributed by atoms with Crippen LogP contribution in [0.25, 0.3) is 0 Å². The first-order chi connectivity index (χ1) is 5.84. The van der Waals surface area contributed by atoms with Crippen LogP contribution in [0.1, 0.15) is 6.92 Å². The second-order valence-electron chi connectivity index (χ2n) is 2.24. The van der Waals surface area contributed by atoms with E-state index in [0.29, 0.717) is 0 Å². The van der Waals surface area contributed by atoms with E-state index in [4.69, 9.17) is 0 Å². The molecule has 0 atom stereocenters. The smallest absolute Gasteiger partial charge is 0.416 e. The van der Waals surface area contributed by atoms with Gasteiger partial charge in [0.05, 0.1) is 12.7 Å². The highest BCUT2D eigenvalue weighted by atomic mass is 19.4. The van der Waals surface area contributed by atoms with E-state index in [0.717, 1.165) is 14.0 Å². The van der Waals surface area contributed by atoms with Crippen molar-refractivity contribution in [2.45, 2.75) is 13.1 Å². The highest BCUT2D eigenvalue weighted by molar-refractivity contribution is 5.92. The molecule has 0 aliphatic carbocycles. The summed E-state index contributed by atoms with van der Waals surface area (Å²) in [7, 11) is 2.24. The van der Waals surface area contributed by atoms with Crippen LogP contribution in [0.2, 0.25) is 0 Å². The maximum Gasteiger partial charge on any atom is 0.416 e. The van der Waals surface area contributed by atoms with Gasteiger partial charge in [0, 0.05) is 7.05 Å². The first kappa shape index (κ1) is 11.8. The molecule has 1 N–H and O–H groups in total. The first-order valence-electron chi connectivity index (χ1n) is 3.38. The van der Waals surface area contributed by atoms with Gasteiger partial charge in [0.1, 0.15) is 0 Å². The molecular weight excluding hydrogens is 187 g/mol. The van der Waals surface area contributed by atoms with Crippen molar-refractivity contribution in [3.05, 3.63) is 11.3 Å². The predicted molar refractivity (Wildman–Crippen MR) is 39.8 cm³/mol. The average Bonchev–Trinajstić information content (AvgIpc) is 2.03. The minimum absolute atomic E-state index is 0.713. The Morgan fingerprint density at radius 3 is 2.08 bits per heavy atom. The van der Waals surface area contributed by atoms with Crippen LogP contribution >= 0.6 is 0 Å². The number of hydrogen-bond donors (Lipinski definition) is 1. The Hall–Kier alpha value is -1.20. The molecule has 0 heterocycles. The van der Waals surface area contributed by atoms with Crippen LogP contribution in [-0.2, 0) is 9.53 Å². The van der Waals surface area contributed by atoms with Gasteiger partial charge < -0.3 is 10.1 Å². The van der Waals surface area contributed by atoms with E-state index in [1.165, 1.54) is 7.05 Å². The molecule has 0 aromatic carbocycles. The molecule has 0 saturated heterocycles. The molecule has 0 bridgehead atoms. The van der Waals surface area contributed by atoms with Gasteiger partial charge in [0.15, 0.2) is 5.76 Å². The largest absolute Gasteiger partial charge is 0.491 e. The molecule has 13 heavy (non-hydrogen) atoms. The van der Waals surface area contributed by atoms with Gasteiger partial charge in [0.25, 0.3) is 5.91 Å². The van der Waals surface area contributed by atoms with Crippen molar-refractivity contribution in [3.63, 3.8) is 0 Å². The molecule has 1 amide bonds. The van der Waals surface area contributed by atoms with Gasteiger partial charge in [-0.2, -0.15) is 13.2 Å². The topological polar surface area (TPSA) is 38.3 Å². The Morgan fingerprint density at radius 1 is 1.38 bits per heavy atom. The molecule has 6 heteroatoms. The third-order valence-electron chi connectivity index (χ3n) is 1.40. The number of allylic oxidation sites excluding steroid dienone is 1. The van der Waals surface area contributed by atoms with Crippen LogP contribution < -0.4 is 5.32 Å². The van der Waals surface area contributed by atoms with Crippen molar-refractivity contribution in [1.29, 1.82) is 0 Å². The number of rotatable bonds is 2. The number of hydrogen-bond acceptors (Lipinski definition) is 2. The van der Waals surface area contributed by atoms with Crippen molar-refractivity contribution in [1.82, 2.24) is 5.32 Å². The normalized spacial score (nSPS) is 13.4. The fraction of sp³-hybridized carbons (Fsp3) is 0.571. The molecule has 0 saturated carbocycles. The zero-order valence-electron chi connectivity index (χ0n) is 7.45. The molecular formula is C7H10F3NO2. The summed E-state index contributed by atoms with van der Waals surface area (Å²) in [5.74, 6) is -1.60. The molecule has 76 valence electrons. The summed E-state index contributed by atoms with van der Waals surface area (Å²) < 4.78 is 40.5. The van der Waals surface area contributed by atoms with Crippen molar-refractivity contribution in [3.8, 4) is 0 Å². The van der Waals surface area contributed by atoms with E-state index < -0.39 is 23.4 Å². The summed E-state index contributed by atoms with van der Waals surface area (Å²) in [4.78, 5) is 10.8. The van der Waals surface area contributed by atoms with Gasteiger partial charge in [-0.25, -0.2) is 0 Å². The maximum atomic E-state index is 12.1. The Labute approximate surface area is 73.6 Å². The van der Waals surface area contributed by atoms with E-state index in [9.17, 15) is 18.0 Å². The van der Waals surface area contributed by atoms with Crippen LogP contribution in [0.5, 0.6) is 0 Å². The summed E-state index contributed by atoms with van der Waals surface area (Å²) in [6, 6.07) is 0. The van der Waals surface area contributed by atoms with Crippen molar-refractivity contribution < 1.29 is 22.7 Å². The maximum absolute atomic E-state index is 12.1. The number of alkyl halides is 3. The number of carbonyl (C=O) groups excluding carboxylic acids is 1. The second kappa shape index (κ2) is 4.15. The molecule has 0 aromatic heterocycles. The van der Waals surface area contributed by atoms with Gasteiger partial charge in [-0.3, -0.25) is 4.79 Å². The van der Waals surface area contributed by atoms with E-state index in [2.05, 4.69) is 4.74 Å². The Balaban J connectivity index is 5.02. The number of likely N-dealkylation sites (N-methyl/N-ethyl adjacent to an activating group) is 1.